The Balaban J connectivity index is 2.16. The number of rotatable bonds is 13. The lowest BCUT2D eigenvalue weighted by Crippen LogP contribution is -2.57. The first kappa shape index (κ1) is 27.5. The van der Waals surface area contributed by atoms with E-state index in [9.17, 15) is 24.3 Å². The summed E-state index contributed by atoms with van der Waals surface area (Å²) in [5, 5.41) is 17.5. The molecule has 0 radical (unpaired) electrons. The number of hydrogen-bond acceptors (Lipinski definition) is 5. The highest BCUT2D eigenvalue weighted by atomic mass is 16.4. The molecule has 0 aliphatic carbocycles. The van der Waals surface area contributed by atoms with Crippen LogP contribution in [-0.2, 0) is 32.0 Å². The first-order chi connectivity index (χ1) is 16.7. The molecule has 0 aliphatic rings. The van der Waals surface area contributed by atoms with Crippen molar-refractivity contribution in [1.82, 2.24) is 16.0 Å². The number of carboxylic acid groups (broad SMARTS) is 1. The zero-order valence-corrected chi connectivity index (χ0v) is 20.1. The van der Waals surface area contributed by atoms with E-state index in [-0.39, 0.29) is 31.7 Å². The number of aliphatic carboxylic acids is 1. The van der Waals surface area contributed by atoms with E-state index in [1.807, 2.05) is 50.2 Å². The van der Waals surface area contributed by atoms with Crippen LogP contribution in [0.25, 0.3) is 0 Å². The molecule has 0 fully saturated rings. The van der Waals surface area contributed by atoms with Gasteiger partial charge in [-0.05, 0) is 23.5 Å². The van der Waals surface area contributed by atoms with Crippen molar-refractivity contribution in [2.75, 3.05) is 6.54 Å². The highest BCUT2D eigenvalue weighted by Crippen LogP contribution is 2.10. The van der Waals surface area contributed by atoms with E-state index in [4.69, 9.17) is 5.73 Å². The smallest absolute Gasteiger partial charge is 0.326 e. The lowest BCUT2D eigenvalue weighted by atomic mass is 10.00. The predicted octanol–water partition coefficient (Wildman–Crippen LogP) is 1.02. The summed E-state index contributed by atoms with van der Waals surface area (Å²) < 4.78 is 0. The van der Waals surface area contributed by atoms with Crippen LogP contribution in [-0.4, -0.2) is 53.5 Å². The van der Waals surface area contributed by atoms with E-state index in [0.717, 1.165) is 11.1 Å². The SMILES string of the molecule is CC(C)CC(NC(=O)C(Cc1ccccc1)NC(=O)CN)C(=O)NC(Cc1ccccc1)C(=O)O. The van der Waals surface area contributed by atoms with Crippen LogP contribution in [0.15, 0.2) is 60.7 Å². The Morgan fingerprint density at radius 2 is 1.20 bits per heavy atom. The van der Waals surface area contributed by atoms with Crippen LogP contribution in [0.5, 0.6) is 0 Å². The average molecular weight is 483 g/mol. The third-order valence-electron chi connectivity index (χ3n) is 5.36. The summed E-state index contributed by atoms with van der Waals surface area (Å²) in [6.07, 6.45) is 0.603. The molecule has 6 N–H and O–H groups in total. The van der Waals surface area contributed by atoms with Gasteiger partial charge in [0, 0.05) is 12.8 Å². The van der Waals surface area contributed by atoms with Crippen molar-refractivity contribution in [3.05, 3.63) is 71.8 Å². The standard InChI is InChI=1S/C26H34N4O5/c1-17(2)13-20(24(32)30-22(26(34)35)15-19-11-7-4-8-12-19)29-25(33)21(28-23(31)16-27)14-18-9-5-3-6-10-18/h3-12,17,20-22H,13-16,27H2,1-2H3,(H,28,31)(H,29,33)(H,30,32)(H,34,35). The second-order valence-corrected chi connectivity index (χ2v) is 8.79. The number of nitrogens with two attached hydrogens (primary N) is 1. The lowest BCUT2D eigenvalue weighted by Gasteiger charge is -2.25. The lowest BCUT2D eigenvalue weighted by molar-refractivity contribution is -0.142. The summed E-state index contributed by atoms with van der Waals surface area (Å²) in [5.74, 6) is -2.78. The minimum atomic E-state index is -1.17. The van der Waals surface area contributed by atoms with Crippen LogP contribution in [0.2, 0.25) is 0 Å². The fourth-order valence-corrected chi connectivity index (χ4v) is 3.61. The van der Waals surface area contributed by atoms with Crippen molar-refractivity contribution in [2.24, 2.45) is 11.7 Å². The molecule has 2 aromatic rings. The zero-order valence-electron chi connectivity index (χ0n) is 20.1. The Kier molecular flexibility index (Phi) is 10.9. The normalized spacial score (nSPS) is 13.4. The van der Waals surface area contributed by atoms with Crippen molar-refractivity contribution in [3.8, 4) is 0 Å². The molecule has 0 spiro atoms. The van der Waals surface area contributed by atoms with Gasteiger partial charge in [0.05, 0.1) is 6.54 Å². The molecule has 3 amide bonds. The van der Waals surface area contributed by atoms with Crippen molar-refractivity contribution in [2.45, 2.75) is 51.2 Å². The molecule has 3 unspecified atom stereocenters. The Labute approximate surface area is 205 Å². The molecule has 0 aliphatic heterocycles. The van der Waals surface area contributed by atoms with E-state index in [1.165, 1.54) is 0 Å². The van der Waals surface area contributed by atoms with Gasteiger partial charge in [0.15, 0.2) is 0 Å². The minimum Gasteiger partial charge on any atom is -0.480 e. The number of benzene rings is 2. The summed E-state index contributed by atoms with van der Waals surface area (Å²) in [6, 6.07) is 15.0. The molecule has 2 aromatic carbocycles. The number of carbonyl (C=O) groups is 4. The summed E-state index contributed by atoms with van der Waals surface area (Å²) in [7, 11) is 0. The molecule has 188 valence electrons. The monoisotopic (exact) mass is 482 g/mol. The molecule has 0 heterocycles. The third kappa shape index (κ3) is 9.58. The Hall–Kier alpha value is -3.72. The highest BCUT2D eigenvalue weighted by Gasteiger charge is 2.30. The maximum Gasteiger partial charge on any atom is 0.326 e. The first-order valence-corrected chi connectivity index (χ1v) is 11.6. The first-order valence-electron chi connectivity index (χ1n) is 11.6. The molecule has 35 heavy (non-hydrogen) atoms. The van der Waals surface area contributed by atoms with Gasteiger partial charge in [-0.25, -0.2) is 4.79 Å². The second kappa shape index (κ2) is 13.9. The van der Waals surface area contributed by atoms with Crippen LogP contribution in [0.1, 0.15) is 31.4 Å². The summed E-state index contributed by atoms with van der Waals surface area (Å²) in [4.78, 5) is 50.0. The van der Waals surface area contributed by atoms with Gasteiger partial charge >= 0.3 is 5.97 Å². The number of carbonyl (C=O) groups excluding carboxylic acids is 3. The van der Waals surface area contributed by atoms with Crippen LogP contribution < -0.4 is 21.7 Å². The predicted molar refractivity (Wildman–Crippen MR) is 132 cm³/mol. The van der Waals surface area contributed by atoms with E-state index >= 15 is 0 Å². The van der Waals surface area contributed by atoms with Crippen molar-refractivity contribution < 1.29 is 24.3 Å². The topological polar surface area (TPSA) is 151 Å². The number of carboxylic acids is 1. The van der Waals surface area contributed by atoms with Gasteiger partial charge in [0.25, 0.3) is 0 Å². The fourth-order valence-electron chi connectivity index (χ4n) is 3.61. The molecule has 0 bridgehead atoms. The average Bonchev–Trinajstić information content (AvgIpc) is 2.83. The summed E-state index contributed by atoms with van der Waals surface area (Å²) in [6.45, 7) is 3.50. The Bertz CT molecular complexity index is 982. The molecule has 3 atom stereocenters. The van der Waals surface area contributed by atoms with Gasteiger partial charge in [0.2, 0.25) is 17.7 Å². The second-order valence-electron chi connectivity index (χ2n) is 8.79. The van der Waals surface area contributed by atoms with Gasteiger partial charge in [-0.15, -0.1) is 0 Å². The van der Waals surface area contributed by atoms with E-state index < -0.39 is 41.8 Å². The van der Waals surface area contributed by atoms with Crippen molar-refractivity contribution in [3.63, 3.8) is 0 Å². The van der Waals surface area contributed by atoms with Crippen molar-refractivity contribution in [1.29, 1.82) is 0 Å². The van der Waals surface area contributed by atoms with E-state index in [0.29, 0.717) is 0 Å². The highest BCUT2D eigenvalue weighted by molar-refractivity contribution is 5.93. The van der Waals surface area contributed by atoms with Gasteiger partial charge in [-0.3, -0.25) is 14.4 Å². The summed E-state index contributed by atoms with van der Waals surface area (Å²) >= 11 is 0. The van der Waals surface area contributed by atoms with Gasteiger partial charge < -0.3 is 26.8 Å². The van der Waals surface area contributed by atoms with Gasteiger partial charge in [-0.1, -0.05) is 74.5 Å². The molecule has 0 saturated carbocycles. The Morgan fingerprint density at radius 1 is 0.743 bits per heavy atom. The quantitative estimate of drug-likeness (QED) is 0.288. The molecule has 0 saturated heterocycles. The molecule has 2 rings (SSSR count). The minimum absolute atomic E-state index is 0.0367. The van der Waals surface area contributed by atoms with Crippen LogP contribution in [0, 0.1) is 5.92 Å². The van der Waals surface area contributed by atoms with E-state index in [1.54, 1.807) is 24.3 Å². The van der Waals surface area contributed by atoms with Crippen molar-refractivity contribution >= 4 is 23.7 Å². The largest absolute Gasteiger partial charge is 0.480 e. The number of nitrogens with one attached hydrogen (secondary N) is 3. The number of amides is 3. The molecular weight excluding hydrogens is 448 g/mol. The van der Waals surface area contributed by atoms with Crippen LogP contribution in [0.4, 0.5) is 0 Å². The van der Waals surface area contributed by atoms with E-state index in [2.05, 4.69) is 16.0 Å². The maximum absolute atomic E-state index is 13.1. The number of hydrogen-bond donors (Lipinski definition) is 5. The molecule has 0 aromatic heterocycles. The van der Waals surface area contributed by atoms with Gasteiger partial charge in [-0.2, -0.15) is 0 Å². The zero-order chi connectivity index (χ0) is 25.8. The molecular formula is C26H34N4O5. The maximum atomic E-state index is 13.1. The van der Waals surface area contributed by atoms with Crippen LogP contribution in [0.3, 0.4) is 0 Å². The molecule has 9 nitrogen and oxygen atoms in total. The fraction of sp³-hybridized carbons (Fsp3) is 0.385. The Morgan fingerprint density at radius 3 is 1.66 bits per heavy atom. The van der Waals surface area contributed by atoms with Crippen LogP contribution >= 0.6 is 0 Å². The molecule has 9 heteroatoms. The van der Waals surface area contributed by atoms with Gasteiger partial charge in [0.1, 0.15) is 18.1 Å². The third-order valence-corrected chi connectivity index (χ3v) is 5.36. The summed E-state index contributed by atoms with van der Waals surface area (Å²) in [5.41, 5.74) is 7.00.